The number of nitrogens with zero attached hydrogens (tertiary/aromatic N) is 3. The molecule has 4 nitrogen and oxygen atoms in total. The monoisotopic (exact) mass is 287 g/mol. The van der Waals surface area contributed by atoms with Gasteiger partial charge in [0.05, 0.1) is 23.0 Å². The van der Waals surface area contributed by atoms with Gasteiger partial charge >= 0.3 is 0 Å². The van der Waals surface area contributed by atoms with Gasteiger partial charge in [-0.2, -0.15) is 16.9 Å². The molecule has 6 heteroatoms. The Hall–Kier alpha value is -0.520. The van der Waals surface area contributed by atoms with Gasteiger partial charge in [0.2, 0.25) is 0 Å². The molecule has 1 aliphatic rings. The number of rotatable bonds is 5. The zero-order valence-corrected chi connectivity index (χ0v) is 12.3. The summed E-state index contributed by atoms with van der Waals surface area (Å²) in [6.45, 7) is 1.54. The van der Waals surface area contributed by atoms with Gasteiger partial charge in [-0.3, -0.25) is 9.48 Å². The van der Waals surface area contributed by atoms with Gasteiger partial charge in [0.25, 0.3) is 0 Å². The van der Waals surface area contributed by atoms with Crippen LogP contribution in [0.25, 0.3) is 0 Å². The molecular formula is C12H18ClN3OS. The molecule has 18 heavy (non-hydrogen) atoms. The molecule has 1 aliphatic heterocycles. The van der Waals surface area contributed by atoms with Crippen molar-refractivity contribution in [2.45, 2.75) is 24.6 Å². The Bertz CT molecular complexity index is 427. The van der Waals surface area contributed by atoms with Crippen LogP contribution in [0.4, 0.5) is 0 Å². The third-order valence-electron chi connectivity index (χ3n) is 3.01. The molecule has 0 N–H and O–H groups in total. The predicted octanol–water partition coefficient (Wildman–Crippen LogP) is 2.18. The van der Waals surface area contributed by atoms with Crippen molar-refractivity contribution in [3.05, 3.63) is 16.9 Å². The van der Waals surface area contributed by atoms with Crippen molar-refractivity contribution in [2.24, 2.45) is 0 Å². The van der Waals surface area contributed by atoms with E-state index in [1.165, 1.54) is 0 Å². The van der Waals surface area contributed by atoms with Gasteiger partial charge in [0.1, 0.15) is 5.69 Å². The Morgan fingerprint density at radius 1 is 1.67 bits per heavy atom. The van der Waals surface area contributed by atoms with Crippen molar-refractivity contribution in [1.82, 2.24) is 14.7 Å². The van der Waals surface area contributed by atoms with Crippen LogP contribution >= 0.6 is 23.4 Å². The number of carbonyl (C=O) groups excluding carboxylic acids is 1. The first-order valence-corrected chi connectivity index (χ1v) is 7.54. The lowest BCUT2D eigenvalue weighted by Crippen LogP contribution is -2.24. The Balaban J connectivity index is 2.14. The molecule has 0 amide bonds. The van der Waals surface area contributed by atoms with E-state index in [4.69, 9.17) is 11.6 Å². The van der Waals surface area contributed by atoms with Crippen LogP contribution < -0.4 is 0 Å². The Kier molecular flexibility index (Phi) is 4.70. The van der Waals surface area contributed by atoms with Crippen LogP contribution in [-0.4, -0.2) is 52.1 Å². The molecule has 0 bridgehead atoms. The lowest BCUT2D eigenvalue weighted by Gasteiger charge is -2.13. The molecule has 1 aromatic rings. The molecule has 0 radical (unpaired) electrons. The summed E-state index contributed by atoms with van der Waals surface area (Å²) in [5.41, 5.74) is 0.581. The van der Waals surface area contributed by atoms with E-state index < -0.39 is 0 Å². The first-order valence-electron chi connectivity index (χ1n) is 6.11. The molecule has 0 aromatic carbocycles. The van der Waals surface area contributed by atoms with Gasteiger partial charge in [-0.15, -0.1) is 0 Å². The van der Waals surface area contributed by atoms with Gasteiger partial charge < -0.3 is 4.90 Å². The molecule has 2 rings (SSSR count). The van der Waals surface area contributed by atoms with Gasteiger partial charge in [-0.05, 0) is 32.7 Å². The van der Waals surface area contributed by atoms with Crippen LogP contribution in [0, 0.1) is 0 Å². The normalized spacial score (nSPS) is 19.7. The summed E-state index contributed by atoms with van der Waals surface area (Å²) >= 11 is 7.84. The van der Waals surface area contributed by atoms with Crippen LogP contribution in [0.2, 0.25) is 5.02 Å². The highest BCUT2D eigenvalue weighted by Gasteiger charge is 2.28. The molecule has 0 spiro atoms. The van der Waals surface area contributed by atoms with Crippen molar-refractivity contribution in [2.75, 3.05) is 26.4 Å². The second-order valence-corrected chi connectivity index (χ2v) is 6.45. The SMILES string of the molecule is CN(C)CCn1ncc(Cl)c1C(=O)C1CCCS1. The largest absolute Gasteiger partial charge is 0.308 e. The number of Topliss-reactive ketones (excluding diaryl/α,β-unsaturated/α-hetero) is 1. The number of ketones is 1. The van der Waals surface area contributed by atoms with Crippen LogP contribution in [0.1, 0.15) is 23.3 Å². The van der Waals surface area contributed by atoms with Crippen molar-refractivity contribution < 1.29 is 4.79 Å². The number of hydrogen-bond acceptors (Lipinski definition) is 4. The van der Waals surface area contributed by atoms with Crippen LogP contribution in [0.5, 0.6) is 0 Å². The third kappa shape index (κ3) is 3.08. The van der Waals surface area contributed by atoms with Gasteiger partial charge in [0, 0.05) is 6.54 Å². The van der Waals surface area contributed by atoms with Crippen LogP contribution in [-0.2, 0) is 6.54 Å². The van der Waals surface area contributed by atoms with E-state index in [-0.39, 0.29) is 11.0 Å². The third-order valence-corrected chi connectivity index (χ3v) is 4.66. The molecule has 1 aromatic heterocycles. The number of aromatic nitrogens is 2. The Labute approximate surface area is 117 Å². The van der Waals surface area contributed by atoms with Gasteiger partial charge in [0.15, 0.2) is 5.78 Å². The van der Waals surface area contributed by atoms with Crippen molar-refractivity contribution in [3.8, 4) is 0 Å². The lowest BCUT2D eigenvalue weighted by molar-refractivity contribution is 0.0977. The maximum Gasteiger partial charge on any atom is 0.195 e. The quantitative estimate of drug-likeness (QED) is 0.778. The first-order chi connectivity index (χ1) is 8.59. The zero-order chi connectivity index (χ0) is 13.1. The number of hydrogen-bond donors (Lipinski definition) is 0. The fourth-order valence-electron chi connectivity index (χ4n) is 2.01. The summed E-state index contributed by atoms with van der Waals surface area (Å²) in [6, 6.07) is 0. The fourth-order valence-corrected chi connectivity index (χ4v) is 3.46. The van der Waals surface area contributed by atoms with E-state index in [9.17, 15) is 4.79 Å². The van der Waals surface area contributed by atoms with Crippen molar-refractivity contribution in [3.63, 3.8) is 0 Å². The molecule has 0 aliphatic carbocycles. The molecule has 1 saturated heterocycles. The molecule has 1 atom stereocenters. The van der Waals surface area contributed by atoms with Crippen molar-refractivity contribution >= 4 is 29.1 Å². The number of thioether (sulfide) groups is 1. The van der Waals surface area contributed by atoms with E-state index in [0.29, 0.717) is 17.3 Å². The number of carbonyl (C=O) groups is 1. The van der Waals surface area contributed by atoms with Gasteiger partial charge in [-0.1, -0.05) is 11.6 Å². The Morgan fingerprint density at radius 3 is 3.06 bits per heavy atom. The highest BCUT2D eigenvalue weighted by molar-refractivity contribution is 8.00. The summed E-state index contributed by atoms with van der Waals surface area (Å²) < 4.78 is 1.74. The summed E-state index contributed by atoms with van der Waals surface area (Å²) in [6.07, 6.45) is 3.65. The lowest BCUT2D eigenvalue weighted by atomic mass is 10.1. The summed E-state index contributed by atoms with van der Waals surface area (Å²) in [4.78, 5) is 14.5. The van der Waals surface area contributed by atoms with Crippen LogP contribution in [0.3, 0.4) is 0 Å². The highest BCUT2D eigenvalue weighted by atomic mass is 35.5. The minimum absolute atomic E-state index is 0.0670. The molecule has 100 valence electrons. The van der Waals surface area contributed by atoms with E-state index in [1.807, 2.05) is 14.1 Å². The first kappa shape index (κ1) is 13.9. The van der Waals surface area contributed by atoms with E-state index in [2.05, 4.69) is 10.00 Å². The van der Waals surface area contributed by atoms with Crippen molar-refractivity contribution in [1.29, 1.82) is 0 Å². The second kappa shape index (κ2) is 6.08. The molecule has 2 heterocycles. The van der Waals surface area contributed by atoms with E-state index >= 15 is 0 Å². The summed E-state index contributed by atoms with van der Waals surface area (Å²) in [5, 5.41) is 4.75. The Morgan fingerprint density at radius 2 is 2.44 bits per heavy atom. The smallest absolute Gasteiger partial charge is 0.195 e. The fraction of sp³-hybridized carbons (Fsp3) is 0.667. The summed E-state index contributed by atoms with van der Waals surface area (Å²) in [7, 11) is 4.00. The van der Waals surface area contributed by atoms with E-state index in [0.717, 1.165) is 25.1 Å². The zero-order valence-electron chi connectivity index (χ0n) is 10.7. The van der Waals surface area contributed by atoms with E-state index in [1.54, 1.807) is 22.6 Å². The molecule has 1 unspecified atom stereocenters. The standard InChI is InChI=1S/C12H18ClN3OS/c1-15(2)5-6-16-11(9(13)8-14-16)12(17)10-4-3-7-18-10/h8,10H,3-7H2,1-2H3. The highest BCUT2D eigenvalue weighted by Crippen LogP contribution is 2.30. The average Bonchev–Trinajstić information content (AvgIpc) is 2.94. The maximum atomic E-state index is 12.4. The second-order valence-electron chi connectivity index (χ2n) is 4.73. The number of likely N-dealkylation sites (N-methyl/N-ethyl adjacent to an activating group) is 1. The number of halogens is 1. The van der Waals surface area contributed by atoms with Crippen LogP contribution in [0.15, 0.2) is 6.20 Å². The minimum atomic E-state index is 0.0670. The molecule has 1 fully saturated rings. The summed E-state index contributed by atoms with van der Waals surface area (Å²) in [5.74, 6) is 1.21. The maximum absolute atomic E-state index is 12.4. The molecular weight excluding hydrogens is 270 g/mol. The average molecular weight is 288 g/mol. The topological polar surface area (TPSA) is 38.1 Å². The van der Waals surface area contributed by atoms with Gasteiger partial charge in [-0.25, -0.2) is 0 Å². The molecule has 0 saturated carbocycles. The minimum Gasteiger partial charge on any atom is -0.308 e. The predicted molar refractivity (Wildman–Crippen MR) is 75.6 cm³/mol.